The van der Waals surface area contributed by atoms with Crippen LogP contribution in [0.3, 0.4) is 0 Å². The van der Waals surface area contributed by atoms with Crippen LogP contribution in [0.15, 0.2) is 34.5 Å². The molecule has 0 unspecified atom stereocenters. The van der Waals surface area contributed by atoms with Crippen molar-refractivity contribution in [2.24, 2.45) is 4.99 Å². The van der Waals surface area contributed by atoms with Crippen molar-refractivity contribution in [1.82, 2.24) is 0 Å². The van der Waals surface area contributed by atoms with E-state index < -0.39 is 0 Å². The second-order valence-electron chi connectivity index (χ2n) is 3.72. The molecule has 0 fully saturated rings. The van der Waals surface area contributed by atoms with Crippen molar-refractivity contribution in [3.63, 3.8) is 0 Å². The second-order valence-corrected chi connectivity index (χ2v) is 4.83. The highest BCUT2D eigenvalue weighted by atomic mass is 35.5. The molecule has 1 aromatic carbocycles. The van der Waals surface area contributed by atoms with Crippen molar-refractivity contribution in [1.29, 1.82) is 0 Å². The first-order chi connectivity index (χ1) is 7.61. The lowest BCUT2D eigenvalue weighted by Gasteiger charge is -2.04. The minimum absolute atomic E-state index is 0.445. The van der Waals surface area contributed by atoms with Gasteiger partial charge in [-0.3, -0.25) is 4.99 Å². The van der Waals surface area contributed by atoms with Gasteiger partial charge in [0.25, 0.3) is 0 Å². The zero-order valence-corrected chi connectivity index (χ0v) is 11.0. The van der Waals surface area contributed by atoms with E-state index >= 15 is 0 Å². The average molecular weight is 275 g/mol. The maximum atomic E-state index is 6.13. The molecule has 0 saturated heterocycles. The molecule has 0 saturated carbocycles. The molecule has 0 radical (unpaired) electrons. The van der Waals surface area contributed by atoms with Crippen LogP contribution in [0, 0.1) is 0 Å². The zero-order chi connectivity index (χ0) is 11.7. The molecule has 0 aliphatic carbocycles. The molecular weight excluding hydrogens is 264 g/mol. The van der Waals surface area contributed by atoms with Crippen LogP contribution in [0.5, 0.6) is 0 Å². The molecule has 0 N–H and O–H groups in total. The van der Waals surface area contributed by atoms with Gasteiger partial charge >= 0.3 is 0 Å². The van der Waals surface area contributed by atoms with E-state index in [4.69, 9.17) is 34.8 Å². The van der Waals surface area contributed by atoms with Crippen LogP contribution >= 0.6 is 34.8 Å². The predicted molar refractivity (Wildman–Crippen MR) is 71.0 cm³/mol. The number of allylic oxidation sites excluding steroid dienone is 2. The molecule has 0 amide bonds. The molecule has 1 aliphatic heterocycles. The van der Waals surface area contributed by atoms with E-state index in [9.17, 15) is 0 Å². The summed E-state index contributed by atoms with van der Waals surface area (Å²) in [4.78, 5) is 4.49. The van der Waals surface area contributed by atoms with Crippen LogP contribution in [0.2, 0.25) is 10.0 Å². The number of alkyl halides is 1. The highest BCUT2D eigenvalue weighted by Gasteiger charge is 2.17. The first-order valence-corrected chi connectivity index (χ1v) is 6.18. The first-order valence-electron chi connectivity index (χ1n) is 4.89. The van der Waals surface area contributed by atoms with Gasteiger partial charge in [0.05, 0.1) is 22.3 Å². The van der Waals surface area contributed by atoms with Gasteiger partial charge < -0.3 is 0 Å². The van der Waals surface area contributed by atoms with Crippen LogP contribution < -0.4 is 0 Å². The summed E-state index contributed by atoms with van der Waals surface area (Å²) in [5, 5.41) is 1.27. The van der Waals surface area contributed by atoms with Gasteiger partial charge in [0.1, 0.15) is 0 Å². The van der Waals surface area contributed by atoms with Crippen LogP contribution in [0.1, 0.15) is 18.9 Å². The average Bonchev–Trinajstić information content (AvgIpc) is 2.59. The quantitative estimate of drug-likeness (QED) is 0.693. The maximum absolute atomic E-state index is 6.13. The molecule has 1 nitrogen and oxygen atoms in total. The molecule has 1 aromatic rings. The molecule has 1 aliphatic rings. The van der Waals surface area contributed by atoms with Gasteiger partial charge in [0, 0.05) is 17.0 Å². The summed E-state index contributed by atoms with van der Waals surface area (Å²) in [5.74, 6) is 0.445. The van der Waals surface area contributed by atoms with Crippen molar-refractivity contribution in [2.75, 3.05) is 5.88 Å². The summed E-state index contributed by atoms with van der Waals surface area (Å²) >= 11 is 17.8. The van der Waals surface area contributed by atoms with Gasteiger partial charge in [-0.25, -0.2) is 0 Å². The van der Waals surface area contributed by atoms with E-state index in [0.717, 1.165) is 23.4 Å². The maximum Gasteiger partial charge on any atom is 0.0647 e. The predicted octanol–water partition coefficient (Wildman–Crippen LogP) is 4.70. The third kappa shape index (κ3) is 2.27. The Morgan fingerprint density at radius 3 is 2.62 bits per heavy atom. The number of halogens is 3. The van der Waals surface area contributed by atoms with E-state index in [-0.39, 0.29) is 0 Å². The molecule has 0 spiro atoms. The molecule has 84 valence electrons. The molecule has 4 heteroatoms. The lowest BCUT2D eigenvalue weighted by molar-refractivity contribution is 1.22. The highest BCUT2D eigenvalue weighted by molar-refractivity contribution is 6.37. The number of rotatable bonds is 2. The van der Waals surface area contributed by atoms with Gasteiger partial charge in [0.15, 0.2) is 0 Å². The van der Waals surface area contributed by atoms with E-state index in [1.54, 1.807) is 6.07 Å². The normalized spacial score (nSPS) is 15.6. The minimum atomic E-state index is 0.445. The Morgan fingerprint density at radius 1 is 1.31 bits per heavy atom. The van der Waals surface area contributed by atoms with Crippen molar-refractivity contribution < 1.29 is 0 Å². The summed E-state index contributed by atoms with van der Waals surface area (Å²) in [6.45, 7) is 2.04. The summed E-state index contributed by atoms with van der Waals surface area (Å²) in [6, 6.07) is 5.45. The SMILES string of the molecule is CC1=C(CCl)N=C(c2ccc(Cl)cc2Cl)C1. The van der Waals surface area contributed by atoms with Crippen molar-refractivity contribution in [3.8, 4) is 0 Å². The summed E-state index contributed by atoms with van der Waals surface area (Å²) < 4.78 is 0. The molecular formula is C12H10Cl3N. The molecule has 16 heavy (non-hydrogen) atoms. The third-order valence-corrected chi connectivity index (χ3v) is 3.36. The fraction of sp³-hybridized carbons (Fsp3) is 0.250. The van der Waals surface area contributed by atoms with Crippen LogP contribution in [0.25, 0.3) is 0 Å². The Bertz CT molecular complexity index is 489. The summed E-state index contributed by atoms with van der Waals surface area (Å²) in [5.41, 5.74) is 4.05. The standard InChI is InChI=1S/C12H10Cl3N/c1-7-4-11(16-12(7)6-13)9-3-2-8(14)5-10(9)15/h2-3,5H,4,6H2,1H3. The van der Waals surface area contributed by atoms with Gasteiger partial charge in [-0.15, -0.1) is 11.6 Å². The highest BCUT2D eigenvalue weighted by Crippen LogP contribution is 2.29. The van der Waals surface area contributed by atoms with Crippen molar-refractivity contribution in [3.05, 3.63) is 45.1 Å². The number of benzene rings is 1. The fourth-order valence-corrected chi connectivity index (χ4v) is 2.48. The Balaban J connectivity index is 2.35. The second kappa shape index (κ2) is 4.79. The monoisotopic (exact) mass is 273 g/mol. The molecule has 1 heterocycles. The lowest BCUT2D eigenvalue weighted by atomic mass is 10.1. The third-order valence-electron chi connectivity index (χ3n) is 2.56. The molecule has 0 atom stereocenters. The number of hydrogen-bond acceptors (Lipinski definition) is 1. The summed E-state index contributed by atoms with van der Waals surface area (Å²) in [6.07, 6.45) is 0.809. The molecule has 0 bridgehead atoms. The van der Waals surface area contributed by atoms with Crippen LogP contribution in [-0.4, -0.2) is 11.6 Å². The zero-order valence-electron chi connectivity index (χ0n) is 8.73. The fourth-order valence-electron chi connectivity index (χ4n) is 1.67. The van der Waals surface area contributed by atoms with E-state index in [2.05, 4.69) is 4.99 Å². The van der Waals surface area contributed by atoms with Gasteiger partial charge in [0.2, 0.25) is 0 Å². The Morgan fingerprint density at radius 2 is 2.06 bits per heavy atom. The Labute approximate surface area is 110 Å². The van der Waals surface area contributed by atoms with Crippen LogP contribution in [0.4, 0.5) is 0 Å². The van der Waals surface area contributed by atoms with E-state index in [1.165, 1.54) is 5.57 Å². The summed E-state index contributed by atoms with van der Waals surface area (Å²) in [7, 11) is 0. The Kier molecular flexibility index (Phi) is 3.58. The minimum Gasteiger partial charge on any atom is -0.256 e. The van der Waals surface area contributed by atoms with E-state index in [1.807, 2.05) is 19.1 Å². The van der Waals surface area contributed by atoms with Crippen molar-refractivity contribution in [2.45, 2.75) is 13.3 Å². The Hall–Kier alpha value is -0.500. The first kappa shape index (κ1) is 12.0. The largest absolute Gasteiger partial charge is 0.256 e. The number of nitrogens with zero attached hydrogens (tertiary/aromatic N) is 1. The topological polar surface area (TPSA) is 12.4 Å². The number of aliphatic imine (C=N–C) groups is 1. The van der Waals surface area contributed by atoms with Gasteiger partial charge in [-0.05, 0) is 24.6 Å². The van der Waals surface area contributed by atoms with Crippen LogP contribution in [-0.2, 0) is 0 Å². The molecule has 2 rings (SSSR count). The number of hydrogen-bond donors (Lipinski definition) is 0. The van der Waals surface area contributed by atoms with E-state index in [0.29, 0.717) is 15.9 Å². The van der Waals surface area contributed by atoms with Gasteiger partial charge in [-0.2, -0.15) is 0 Å². The van der Waals surface area contributed by atoms with Gasteiger partial charge in [-0.1, -0.05) is 29.3 Å². The van der Waals surface area contributed by atoms with Crippen molar-refractivity contribution >= 4 is 40.5 Å². The molecule has 0 aromatic heterocycles. The smallest absolute Gasteiger partial charge is 0.0647 e. The lowest BCUT2D eigenvalue weighted by Crippen LogP contribution is -1.98.